The van der Waals surface area contributed by atoms with Crippen LogP contribution in [0.15, 0.2) is 47.3 Å². The molecule has 124 valence electrons. The summed E-state index contributed by atoms with van der Waals surface area (Å²) in [6.45, 7) is 1.21. The van der Waals surface area contributed by atoms with E-state index in [0.29, 0.717) is 33.1 Å². The lowest BCUT2D eigenvalue weighted by molar-refractivity contribution is -0.136. The molecule has 0 amide bonds. The van der Waals surface area contributed by atoms with Crippen LogP contribution in [-0.4, -0.2) is 17.6 Å². The maximum absolute atomic E-state index is 13.9. The number of hydrogen-bond acceptors (Lipinski definition) is 5. The highest BCUT2D eigenvalue weighted by Gasteiger charge is 2.25. The second kappa shape index (κ2) is 5.66. The molecule has 3 aromatic carbocycles. The number of ether oxygens (including phenoxy) is 2. The molecule has 0 N–H and O–H groups in total. The fourth-order valence-electron chi connectivity index (χ4n) is 2.60. The summed E-state index contributed by atoms with van der Waals surface area (Å²) in [5, 5.41) is 0.656. The van der Waals surface area contributed by atoms with Crippen LogP contribution >= 0.6 is 0 Å². The molecular weight excluding hydrogens is 325 g/mol. The van der Waals surface area contributed by atoms with Crippen LogP contribution in [0.1, 0.15) is 5.56 Å². The Morgan fingerprint density at radius 3 is 2.72 bits per heavy atom. The number of halogens is 1. The van der Waals surface area contributed by atoms with Crippen LogP contribution in [0.3, 0.4) is 0 Å². The van der Waals surface area contributed by atoms with Crippen LogP contribution < -0.4 is 14.9 Å². The number of pyridine rings is 1. The Kier molecular flexibility index (Phi) is 3.46. The average molecular weight is 337 g/mol. The van der Waals surface area contributed by atoms with Crippen LogP contribution in [0.25, 0.3) is 21.8 Å². The number of carbonyl (C=O) groups is 1. The summed E-state index contributed by atoms with van der Waals surface area (Å²) in [5.41, 5.74) is 0.919. The Bertz CT molecular complexity index is 1130. The molecule has 0 atom stereocenters. The highest BCUT2D eigenvalue weighted by Crippen LogP contribution is 2.35. The molecule has 25 heavy (non-hydrogen) atoms. The third-order valence-electron chi connectivity index (χ3n) is 3.91. The van der Waals surface area contributed by atoms with E-state index in [1.165, 1.54) is 6.07 Å². The van der Waals surface area contributed by atoms with Gasteiger partial charge in [0.2, 0.25) is 5.43 Å². The molecule has 5 nitrogen and oxygen atoms in total. The van der Waals surface area contributed by atoms with Gasteiger partial charge in [0, 0.05) is 5.39 Å². The van der Waals surface area contributed by atoms with Gasteiger partial charge < -0.3 is 9.47 Å². The number of hydrogen-bond donors (Lipinski definition) is 0. The van der Waals surface area contributed by atoms with Gasteiger partial charge in [-0.2, -0.15) is 0 Å². The van der Waals surface area contributed by atoms with Crippen molar-refractivity contribution in [2.24, 2.45) is 0 Å². The molecule has 0 aliphatic carbocycles. The minimum absolute atomic E-state index is 0.175. The van der Waals surface area contributed by atoms with Crippen molar-refractivity contribution in [1.29, 1.82) is 0 Å². The lowest BCUT2D eigenvalue weighted by Gasteiger charge is -2.09. The molecule has 4 rings (SSSR count). The zero-order valence-corrected chi connectivity index (χ0v) is 13.2. The fourth-order valence-corrected chi connectivity index (χ4v) is 2.60. The van der Waals surface area contributed by atoms with E-state index in [4.69, 9.17) is 9.47 Å². The SMILES string of the molecule is Cc1cc2nc3c(=O)c3c(OCC(=O)Oc3ccccc3)c2cc1F. The number of esters is 1. The largest absolute Gasteiger partial charge is 0.480 e. The predicted molar refractivity (Wildman–Crippen MR) is 90.2 cm³/mol. The van der Waals surface area contributed by atoms with Gasteiger partial charge in [-0.3, -0.25) is 4.79 Å². The fraction of sp³-hybridized carbons (Fsp3) is 0.105. The smallest absolute Gasteiger partial charge is 0.349 e. The first-order chi connectivity index (χ1) is 12.0. The monoisotopic (exact) mass is 337 g/mol. The van der Waals surface area contributed by atoms with Crippen molar-refractivity contribution in [3.8, 4) is 11.5 Å². The minimum Gasteiger partial charge on any atom is -0.480 e. The summed E-state index contributed by atoms with van der Waals surface area (Å²) in [7, 11) is 0. The van der Waals surface area contributed by atoms with E-state index in [9.17, 15) is 14.0 Å². The van der Waals surface area contributed by atoms with Crippen molar-refractivity contribution < 1.29 is 18.7 Å². The molecule has 0 unspecified atom stereocenters. The normalized spacial score (nSPS) is 11.3. The first kappa shape index (κ1) is 15.3. The molecule has 0 saturated heterocycles. The Labute approximate surface area is 141 Å². The van der Waals surface area contributed by atoms with Crippen molar-refractivity contribution in [3.05, 3.63) is 64.1 Å². The molecule has 0 aliphatic heterocycles. The number of benzene rings is 2. The highest BCUT2D eigenvalue weighted by atomic mass is 19.1. The van der Waals surface area contributed by atoms with Crippen LogP contribution in [0.4, 0.5) is 4.39 Å². The lowest BCUT2D eigenvalue weighted by Crippen LogP contribution is -2.17. The van der Waals surface area contributed by atoms with Crippen molar-refractivity contribution >= 4 is 27.8 Å². The molecule has 4 aromatic rings. The van der Waals surface area contributed by atoms with E-state index in [-0.39, 0.29) is 11.2 Å². The van der Waals surface area contributed by atoms with Gasteiger partial charge in [-0.1, -0.05) is 18.2 Å². The number of aryl methyl sites for hydroxylation is 1. The zero-order valence-electron chi connectivity index (χ0n) is 13.2. The maximum atomic E-state index is 13.9. The molecule has 6 heteroatoms. The predicted octanol–water partition coefficient (Wildman–Crippen LogP) is 3.06. The van der Waals surface area contributed by atoms with Gasteiger partial charge >= 0.3 is 5.97 Å². The first-order valence-electron chi connectivity index (χ1n) is 7.61. The van der Waals surface area contributed by atoms with Gasteiger partial charge in [0.25, 0.3) is 0 Å². The van der Waals surface area contributed by atoms with Crippen LogP contribution in [-0.2, 0) is 4.79 Å². The van der Waals surface area contributed by atoms with Gasteiger partial charge in [-0.25, -0.2) is 14.2 Å². The van der Waals surface area contributed by atoms with Crippen LogP contribution in [0.2, 0.25) is 0 Å². The van der Waals surface area contributed by atoms with E-state index in [1.54, 1.807) is 43.3 Å². The maximum Gasteiger partial charge on any atom is 0.349 e. The Balaban J connectivity index is 1.62. The van der Waals surface area contributed by atoms with Gasteiger partial charge in [-0.05, 0) is 36.8 Å². The summed E-state index contributed by atoms with van der Waals surface area (Å²) in [6.07, 6.45) is 0. The summed E-state index contributed by atoms with van der Waals surface area (Å²) in [5.74, 6) is -0.484. The van der Waals surface area contributed by atoms with Crippen molar-refractivity contribution in [1.82, 2.24) is 4.98 Å². The standard InChI is InChI=1S/C19H12FNO4/c1-10-7-14-12(8-13(10)20)19(16-17(21-14)18(16)23)24-9-15(22)25-11-5-3-2-4-6-11/h2-8H,9H2,1H3. The molecule has 0 spiro atoms. The van der Waals surface area contributed by atoms with Crippen molar-refractivity contribution in [2.45, 2.75) is 6.92 Å². The number of fused-ring (bicyclic) bond motifs is 2. The minimum atomic E-state index is -0.620. The molecule has 1 heterocycles. The van der Waals surface area contributed by atoms with E-state index in [1.807, 2.05) is 0 Å². The van der Waals surface area contributed by atoms with Gasteiger partial charge in [0.05, 0.1) is 10.9 Å². The zero-order chi connectivity index (χ0) is 17.6. The Morgan fingerprint density at radius 1 is 1.20 bits per heavy atom. The summed E-state index contributed by atoms with van der Waals surface area (Å²) in [6, 6.07) is 11.4. The molecule has 0 aliphatic rings. The third kappa shape index (κ3) is 2.71. The van der Waals surface area contributed by atoms with E-state index < -0.39 is 18.4 Å². The highest BCUT2D eigenvalue weighted by molar-refractivity contribution is 6.09. The topological polar surface area (TPSA) is 65.5 Å². The van der Waals surface area contributed by atoms with Crippen molar-refractivity contribution in [3.63, 3.8) is 0 Å². The van der Waals surface area contributed by atoms with E-state index in [2.05, 4.69) is 4.98 Å². The second-order valence-corrected chi connectivity index (χ2v) is 5.69. The first-order valence-corrected chi connectivity index (χ1v) is 7.61. The average Bonchev–Trinajstić information content (AvgIpc) is 3.23. The molecule has 0 radical (unpaired) electrons. The number of carbonyl (C=O) groups excluding carboxylic acids is 1. The van der Waals surface area contributed by atoms with Crippen LogP contribution in [0, 0.1) is 12.7 Å². The van der Waals surface area contributed by atoms with Crippen molar-refractivity contribution in [2.75, 3.05) is 6.61 Å². The molecule has 0 bridgehead atoms. The number of para-hydroxylation sites is 1. The van der Waals surface area contributed by atoms with E-state index in [0.717, 1.165) is 0 Å². The summed E-state index contributed by atoms with van der Waals surface area (Å²) >= 11 is 0. The molecule has 1 aromatic heterocycles. The third-order valence-corrected chi connectivity index (χ3v) is 3.91. The van der Waals surface area contributed by atoms with E-state index >= 15 is 0 Å². The second-order valence-electron chi connectivity index (χ2n) is 5.69. The lowest BCUT2D eigenvalue weighted by atomic mass is 10.1. The summed E-state index contributed by atoms with van der Waals surface area (Å²) < 4.78 is 24.5. The quantitative estimate of drug-likeness (QED) is 0.423. The van der Waals surface area contributed by atoms with Crippen LogP contribution in [0.5, 0.6) is 11.5 Å². The molecular formula is C19H12FNO4. The molecule has 0 saturated carbocycles. The Morgan fingerprint density at radius 2 is 1.96 bits per heavy atom. The van der Waals surface area contributed by atoms with Gasteiger partial charge in [0.1, 0.15) is 22.8 Å². The number of aromatic nitrogens is 1. The number of rotatable bonds is 4. The Hall–Kier alpha value is -3.28. The van der Waals surface area contributed by atoms with Gasteiger partial charge in [-0.15, -0.1) is 0 Å². The van der Waals surface area contributed by atoms with Gasteiger partial charge in [0.15, 0.2) is 6.61 Å². The molecule has 0 fully saturated rings. The summed E-state index contributed by atoms with van der Waals surface area (Å²) in [4.78, 5) is 28.0. The number of nitrogens with zero attached hydrogens (tertiary/aromatic N) is 1.